The van der Waals surface area contributed by atoms with E-state index in [0.29, 0.717) is 0 Å². The second kappa shape index (κ2) is 9.33. The molecule has 0 heterocycles. The first-order valence-electron chi connectivity index (χ1n) is 9.45. The molecule has 0 aliphatic heterocycles. The van der Waals surface area contributed by atoms with E-state index in [2.05, 4.69) is 84.9 Å². The highest BCUT2D eigenvalue weighted by atomic mass is 14.6. The fourth-order valence-corrected chi connectivity index (χ4v) is 3.51. The van der Waals surface area contributed by atoms with Crippen molar-refractivity contribution >= 4 is 0 Å². The first-order chi connectivity index (χ1) is 12.8. The maximum absolute atomic E-state index is 6.44. The molecule has 0 aliphatic carbocycles. The van der Waals surface area contributed by atoms with E-state index in [9.17, 15) is 0 Å². The Balaban J connectivity index is 1.94. The molecule has 0 spiro atoms. The van der Waals surface area contributed by atoms with E-state index in [1.807, 2.05) is 0 Å². The quantitative estimate of drug-likeness (QED) is 0.446. The van der Waals surface area contributed by atoms with Crippen LogP contribution in [0.15, 0.2) is 84.9 Å². The molecule has 0 bridgehead atoms. The molecule has 134 valence electrons. The average Bonchev–Trinajstić information content (AvgIpc) is 2.70. The van der Waals surface area contributed by atoms with Gasteiger partial charge in [0.2, 0.25) is 0 Å². The van der Waals surface area contributed by atoms with Crippen LogP contribution >= 0.6 is 0 Å². The number of nitrogens with two attached hydrogens (primary N) is 2. The van der Waals surface area contributed by atoms with Crippen LogP contribution in [-0.4, -0.2) is 6.54 Å². The molecule has 0 saturated carbocycles. The van der Waals surface area contributed by atoms with Crippen molar-refractivity contribution in [2.75, 3.05) is 6.54 Å². The van der Waals surface area contributed by atoms with E-state index in [-0.39, 0.29) is 12.0 Å². The molecule has 0 aliphatic rings. The molecule has 4 N–H and O–H groups in total. The zero-order valence-corrected chi connectivity index (χ0v) is 15.2. The summed E-state index contributed by atoms with van der Waals surface area (Å²) in [4.78, 5) is 0. The predicted molar refractivity (Wildman–Crippen MR) is 110 cm³/mol. The topological polar surface area (TPSA) is 52.0 Å². The Morgan fingerprint density at radius 1 is 0.615 bits per heavy atom. The Labute approximate surface area is 156 Å². The third-order valence-electron chi connectivity index (χ3n) is 4.91. The van der Waals surface area contributed by atoms with Gasteiger partial charge in [0, 0.05) is 12.0 Å². The lowest BCUT2D eigenvalue weighted by Crippen LogP contribution is -2.12. The van der Waals surface area contributed by atoms with Crippen LogP contribution in [0.4, 0.5) is 0 Å². The predicted octanol–water partition coefficient (Wildman–Crippen LogP) is 5.00. The van der Waals surface area contributed by atoms with Gasteiger partial charge in [0.1, 0.15) is 0 Å². The minimum Gasteiger partial charge on any atom is -0.330 e. The van der Waals surface area contributed by atoms with E-state index >= 15 is 0 Å². The minimum absolute atomic E-state index is 0.0636. The van der Waals surface area contributed by atoms with Crippen molar-refractivity contribution in [3.05, 3.63) is 107 Å². The Morgan fingerprint density at radius 2 is 1.15 bits per heavy atom. The molecule has 0 aromatic heterocycles. The van der Waals surface area contributed by atoms with Gasteiger partial charge in [-0.05, 0) is 41.6 Å². The van der Waals surface area contributed by atoms with Crippen LogP contribution in [0.5, 0.6) is 0 Å². The van der Waals surface area contributed by atoms with Gasteiger partial charge in [-0.15, -0.1) is 0 Å². The number of hydrogen-bond donors (Lipinski definition) is 2. The van der Waals surface area contributed by atoms with Gasteiger partial charge >= 0.3 is 0 Å². The van der Waals surface area contributed by atoms with Gasteiger partial charge in [-0.2, -0.15) is 0 Å². The molecule has 26 heavy (non-hydrogen) atoms. The molecule has 1 unspecified atom stereocenters. The summed E-state index contributed by atoms with van der Waals surface area (Å²) in [7, 11) is 0. The van der Waals surface area contributed by atoms with Crippen molar-refractivity contribution in [3.63, 3.8) is 0 Å². The highest BCUT2D eigenvalue weighted by molar-refractivity contribution is 5.44. The molecule has 0 amide bonds. The maximum atomic E-state index is 6.44. The average molecular weight is 345 g/mol. The third kappa shape index (κ3) is 4.60. The SMILES string of the molecule is NCCCCC(N)c1cccc(C(c2ccccc2)c2ccccc2)c1. The molecule has 2 nitrogen and oxygen atoms in total. The van der Waals surface area contributed by atoms with Crippen molar-refractivity contribution in [2.45, 2.75) is 31.2 Å². The lowest BCUT2D eigenvalue weighted by Gasteiger charge is -2.21. The van der Waals surface area contributed by atoms with Crippen LogP contribution in [-0.2, 0) is 0 Å². The highest BCUT2D eigenvalue weighted by Crippen LogP contribution is 2.33. The van der Waals surface area contributed by atoms with E-state index in [1.165, 1.54) is 22.3 Å². The third-order valence-corrected chi connectivity index (χ3v) is 4.91. The number of benzene rings is 3. The molecule has 3 aromatic rings. The summed E-state index contributed by atoms with van der Waals surface area (Å²) in [6.45, 7) is 0.733. The number of unbranched alkanes of at least 4 members (excludes halogenated alkanes) is 1. The molecule has 1 atom stereocenters. The Kier molecular flexibility index (Phi) is 6.59. The summed E-state index contributed by atoms with van der Waals surface area (Å²) in [5, 5.41) is 0. The fourth-order valence-electron chi connectivity index (χ4n) is 3.51. The maximum Gasteiger partial charge on any atom is 0.0340 e. The second-order valence-corrected chi connectivity index (χ2v) is 6.82. The van der Waals surface area contributed by atoms with Crippen molar-refractivity contribution in [3.8, 4) is 0 Å². The first-order valence-corrected chi connectivity index (χ1v) is 9.45. The van der Waals surface area contributed by atoms with Crippen LogP contribution in [0.2, 0.25) is 0 Å². The minimum atomic E-state index is 0.0636. The lowest BCUT2D eigenvalue weighted by molar-refractivity contribution is 0.590. The number of hydrogen-bond acceptors (Lipinski definition) is 2. The van der Waals surface area contributed by atoms with E-state index in [0.717, 1.165) is 25.8 Å². The van der Waals surface area contributed by atoms with Crippen LogP contribution in [0.3, 0.4) is 0 Å². The summed E-state index contributed by atoms with van der Waals surface area (Å²) in [5.41, 5.74) is 17.1. The van der Waals surface area contributed by atoms with Crippen molar-refractivity contribution in [2.24, 2.45) is 11.5 Å². The molecule has 3 rings (SSSR count). The fraction of sp³-hybridized carbons (Fsp3) is 0.250. The zero-order valence-electron chi connectivity index (χ0n) is 15.2. The Morgan fingerprint density at radius 3 is 1.73 bits per heavy atom. The van der Waals surface area contributed by atoms with Crippen LogP contribution in [0.25, 0.3) is 0 Å². The normalized spacial score (nSPS) is 12.3. The largest absolute Gasteiger partial charge is 0.330 e. The van der Waals surface area contributed by atoms with Gasteiger partial charge in [-0.25, -0.2) is 0 Å². The van der Waals surface area contributed by atoms with Gasteiger partial charge in [-0.3, -0.25) is 0 Å². The van der Waals surface area contributed by atoms with Gasteiger partial charge in [0.15, 0.2) is 0 Å². The molecule has 3 aromatic carbocycles. The standard InChI is InChI=1S/C24H28N2/c25-17-8-7-16-23(26)21-14-9-15-22(18-21)24(19-10-3-1-4-11-19)20-12-5-2-6-13-20/h1-6,9-15,18,23-24H,7-8,16-17,25-26H2. The first kappa shape index (κ1) is 18.4. The summed E-state index contributed by atoms with van der Waals surface area (Å²) in [6.07, 6.45) is 3.08. The smallest absolute Gasteiger partial charge is 0.0340 e. The van der Waals surface area contributed by atoms with Crippen LogP contribution in [0, 0.1) is 0 Å². The van der Waals surface area contributed by atoms with Gasteiger partial charge in [0.25, 0.3) is 0 Å². The Bertz CT molecular complexity index is 744. The van der Waals surface area contributed by atoms with E-state index < -0.39 is 0 Å². The summed E-state index contributed by atoms with van der Waals surface area (Å²) in [6, 6.07) is 30.2. The molecular weight excluding hydrogens is 316 g/mol. The lowest BCUT2D eigenvalue weighted by atomic mass is 9.84. The van der Waals surface area contributed by atoms with E-state index in [1.54, 1.807) is 0 Å². The van der Waals surface area contributed by atoms with Gasteiger partial charge in [-0.1, -0.05) is 91.3 Å². The van der Waals surface area contributed by atoms with Crippen molar-refractivity contribution in [1.29, 1.82) is 0 Å². The number of rotatable bonds is 8. The summed E-state index contributed by atoms with van der Waals surface area (Å²) >= 11 is 0. The van der Waals surface area contributed by atoms with E-state index in [4.69, 9.17) is 11.5 Å². The monoisotopic (exact) mass is 344 g/mol. The molecule has 0 radical (unpaired) electrons. The zero-order chi connectivity index (χ0) is 18.2. The van der Waals surface area contributed by atoms with Crippen LogP contribution in [0.1, 0.15) is 53.5 Å². The van der Waals surface area contributed by atoms with Gasteiger partial charge in [0.05, 0.1) is 0 Å². The van der Waals surface area contributed by atoms with Gasteiger partial charge < -0.3 is 11.5 Å². The molecule has 0 fully saturated rings. The summed E-state index contributed by atoms with van der Waals surface area (Å²) in [5.74, 6) is 0.216. The van der Waals surface area contributed by atoms with Crippen LogP contribution < -0.4 is 11.5 Å². The highest BCUT2D eigenvalue weighted by Gasteiger charge is 2.17. The van der Waals surface area contributed by atoms with Crippen molar-refractivity contribution in [1.82, 2.24) is 0 Å². The molecule has 0 saturated heterocycles. The Hall–Kier alpha value is -2.42. The molecule has 2 heteroatoms. The summed E-state index contributed by atoms with van der Waals surface area (Å²) < 4.78 is 0. The van der Waals surface area contributed by atoms with Crippen molar-refractivity contribution < 1.29 is 0 Å². The molecular formula is C24H28N2. The second-order valence-electron chi connectivity index (χ2n) is 6.82.